The summed E-state index contributed by atoms with van der Waals surface area (Å²) in [4.78, 5) is 15.3. The molecule has 3 aromatic rings. The minimum absolute atomic E-state index is 0.0241. The maximum atomic E-state index is 12.2. The number of benzene rings is 2. The number of aryl methyl sites for hydroxylation is 1. The summed E-state index contributed by atoms with van der Waals surface area (Å²) in [6.45, 7) is 2.04. The average molecular weight is 265 g/mol. The highest BCUT2D eigenvalue weighted by Gasteiger charge is 2.12. The largest absolute Gasteiger partial charge is 0.485 e. The summed E-state index contributed by atoms with van der Waals surface area (Å²) in [6, 6.07) is 15.4. The lowest BCUT2D eigenvalue weighted by atomic mass is 10.1. The second kappa shape index (κ2) is 5.21. The van der Waals surface area contributed by atoms with Crippen molar-refractivity contribution in [2.24, 2.45) is 0 Å². The molecule has 0 saturated heterocycles. The molecular formula is C17H15NO2. The number of nitrogens with one attached hydrogen (secondary N) is 1. The summed E-state index contributed by atoms with van der Waals surface area (Å²) in [7, 11) is 0. The minimum atomic E-state index is -0.0241. The molecule has 0 amide bonds. The van der Waals surface area contributed by atoms with E-state index in [-0.39, 0.29) is 12.4 Å². The Morgan fingerprint density at radius 3 is 2.85 bits per heavy atom. The van der Waals surface area contributed by atoms with Gasteiger partial charge in [0.05, 0.1) is 0 Å². The third kappa shape index (κ3) is 2.43. The summed E-state index contributed by atoms with van der Waals surface area (Å²) >= 11 is 0. The summed E-state index contributed by atoms with van der Waals surface area (Å²) < 4.78 is 5.56. The maximum Gasteiger partial charge on any atom is 0.202 e. The number of para-hydroxylation sites is 1. The van der Waals surface area contributed by atoms with Gasteiger partial charge in [-0.05, 0) is 30.7 Å². The molecule has 2 aromatic carbocycles. The molecule has 3 nitrogen and oxygen atoms in total. The van der Waals surface area contributed by atoms with Crippen LogP contribution in [0, 0.1) is 6.92 Å². The third-order valence-electron chi connectivity index (χ3n) is 3.25. The van der Waals surface area contributed by atoms with Crippen LogP contribution < -0.4 is 4.74 Å². The zero-order valence-electron chi connectivity index (χ0n) is 11.2. The summed E-state index contributed by atoms with van der Waals surface area (Å²) in [5.74, 6) is 0.696. The fraction of sp³-hybridized carbons (Fsp3) is 0.118. The molecule has 0 aliphatic heterocycles. The van der Waals surface area contributed by atoms with Gasteiger partial charge < -0.3 is 9.72 Å². The van der Waals surface area contributed by atoms with Crippen LogP contribution in [0.4, 0.5) is 0 Å². The van der Waals surface area contributed by atoms with E-state index >= 15 is 0 Å². The number of ketones is 1. The maximum absolute atomic E-state index is 12.2. The van der Waals surface area contributed by atoms with E-state index in [0.717, 1.165) is 22.2 Å². The molecule has 3 heteroatoms. The van der Waals surface area contributed by atoms with E-state index in [2.05, 4.69) is 4.98 Å². The summed E-state index contributed by atoms with van der Waals surface area (Å²) in [6.07, 6.45) is 1.74. The van der Waals surface area contributed by atoms with Crippen molar-refractivity contribution in [2.75, 3.05) is 6.61 Å². The number of carbonyl (C=O) groups is 1. The second-order valence-electron chi connectivity index (χ2n) is 4.78. The van der Waals surface area contributed by atoms with Crippen LogP contribution in [-0.4, -0.2) is 17.4 Å². The van der Waals surface area contributed by atoms with Gasteiger partial charge >= 0.3 is 0 Å². The van der Waals surface area contributed by atoms with Gasteiger partial charge in [0.1, 0.15) is 5.75 Å². The van der Waals surface area contributed by atoms with Gasteiger partial charge in [-0.1, -0.05) is 30.3 Å². The SMILES string of the molecule is Cc1cccc(OCC(=O)c2c[nH]c3ccccc23)c1. The number of H-pyrrole nitrogens is 1. The minimum Gasteiger partial charge on any atom is -0.485 e. The predicted molar refractivity (Wildman–Crippen MR) is 79.3 cm³/mol. The molecule has 0 aliphatic rings. The number of hydrogen-bond acceptors (Lipinski definition) is 2. The topological polar surface area (TPSA) is 42.1 Å². The summed E-state index contributed by atoms with van der Waals surface area (Å²) in [5.41, 5.74) is 2.75. The van der Waals surface area contributed by atoms with Gasteiger partial charge in [0.25, 0.3) is 0 Å². The van der Waals surface area contributed by atoms with Crippen molar-refractivity contribution in [1.82, 2.24) is 4.98 Å². The van der Waals surface area contributed by atoms with Gasteiger partial charge in [-0.15, -0.1) is 0 Å². The van der Waals surface area contributed by atoms with Crippen LogP contribution in [0.3, 0.4) is 0 Å². The number of aromatic nitrogens is 1. The molecule has 1 aromatic heterocycles. The van der Waals surface area contributed by atoms with Crippen LogP contribution in [0.15, 0.2) is 54.7 Å². The smallest absolute Gasteiger partial charge is 0.202 e. The lowest BCUT2D eigenvalue weighted by molar-refractivity contribution is 0.0923. The number of Topliss-reactive ketones (excluding diaryl/α,β-unsaturated/α-hetero) is 1. The first-order chi connectivity index (χ1) is 9.74. The van der Waals surface area contributed by atoms with Crippen LogP contribution in [0.5, 0.6) is 5.75 Å². The zero-order valence-corrected chi connectivity index (χ0v) is 11.2. The predicted octanol–water partition coefficient (Wildman–Crippen LogP) is 3.74. The molecule has 0 aliphatic carbocycles. The van der Waals surface area contributed by atoms with Gasteiger partial charge in [-0.3, -0.25) is 4.79 Å². The Bertz CT molecular complexity index is 758. The Kier molecular flexibility index (Phi) is 3.25. The van der Waals surface area contributed by atoms with Gasteiger partial charge in [-0.2, -0.15) is 0 Å². The molecule has 0 saturated carbocycles. The first kappa shape index (κ1) is 12.5. The standard InChI is InChI=1S/C17H15NO2/c1-12-5-4-6-13(9-12)20-11-17(19)15-10-18-16-8-3-2-7-14(15)16/h2-10,18H,11H2,1H3. The number of ether oxygens (including phenoxy) is 1. The number of fused-ring (bicyclic) bond motifs is 1. The molecule has 0 bridgehead atoms. The van der Waals surface area contributed by atoms with Crippen LogP contribution in [0.2, 0.25) is 0 Å². The number of hydrogen-bond donors (Lipinski definition) is 1. The number of rotatable bonds is 4. The van der Waals surface area contributed by atoms with E-state index in [1.807, 2.05) is 55.5 Å². The molecule has 0 radical (unpaired) electrons. The second-order valence-corrected chi connectivity index (χ2v) is 4.78. The molecule has 1 heterocycles. The molecule has 20 heavy (non-hydrogen) atoms. The first-order valence-electron chi connectivity index (χ1n) is 6.53. The van der Waals surface area contributed by atoms with Crippen LogP contribution >= 0.6 is 0 Å². The number of aromatic amines is 1. The Labute approximate surface area is 117 Å². The van der Waals surface area contributed by atoms with Crippen molar-refractivity contribution in [3.63, 3.8) is 0 Å². The molecule has 0 atom stereocenters. The zero-order chi connectivity index (χ0) is 13.9. The van der Waals surface area contributed by atoms with Crippen LogP contribution in [0.25, 0.3) is 10.9 Å². The van der Waals surface area contributed by atoms with Crippen LogP contribution in [-0.2, 0) is 0 Å². The lowest BCUT2D eigenvalue weighted by Crippen LogP contribution is -2.11. The van der Waals surface area contributed by atoms with Gasteiger partial charge in [0, 0.05) is 22.7 Å². The molecule has 0 fully saturated rings. The highest BCUT2D eigenvalue weighted by atomic mass is 16.5. The third-order valence-corrected chi connectivity index (χ3v) is 3.25. The Balaban J connectivity index is 1.76. The van der Waals surface area contributed by atoms with Crippen molar-refractivity contribution in [1.29, 1.82) is 0 Å². The molecule has 3 rings (SSSR count). The van der Waals surface area contributed by atoms with Crippen LogP contribution in [0.1, 0.15) is 15.9 Å². The van der Waals surface area contributed by atoms with Gasteiger partial charge in [0.15, 0.2) is 6.61 Å². The van der Waals surface area contributed by atoms with E-state index in [9.17, 15) is 4.79 Å². The van der Waals surface area contributed by atoms with E-state index < -0.39 is 0 Å². The van der Waals surface area contributed by atoms with Crippen molar-refractivity contribution < 1.29 is 9.53 Å². The quantitative estimate of drug-likeness (QED) is 0.730. The molecule has 100 valence electrons. The van der Waals surface area contributed by atoms with Crippen molar-refractivity contribution in [3.8, 4) is 5.75 Å². The molecular weight excluding hydrogens is 250 g/mol. The Morgan fingerprint density at radius 2 is 2.00 bits per heavy atom. The summed E-state index contributed by atoms with van der Waals surface area (Å²) in [5, 5.41) is 0.936. The van der Waals surface area contributed by atoms with Crippen molar-refractivity contribution in [2.45, 2.75) is 6.92 Å². The normalized spacial score (nSPS) is 10.7. The lowest BCUT2D eigenvalue weighted by Gasteiger charge is -2.05. The van der Waals surface area contributed by atoms with E-state index in [1.165, 1.54) is 0 Å². The van der Waals surface area contributed by atoms with Crippen molar-refractivity contribution in [3.05, 3.63) is 65.9 Å². The first-order valence-corrected chi connectivity index (χ1v) is 6.53. The Morgan fingerprint density at radius 1 is 1.15 bits per heavy atom. The van der Waals surface area contributed by atoms with Gasteiger partial charge in [0.2, 0.25) is 5.78 Å². The van der Waals surface area contributed by atoms with E-state index in [1.54, 1.807) is 6.20 Å². The van der Waals surface area contributed by atoms with E-state index in [4.69, 9.17) is 4.74 Å². The van der Waals surface area contributed by atoms with E-state index in [0.29, 0.717) is 5.56 Å². The number of carbonyl (C=O) groups excluding carboxylic acids is 1. The van der Waals surface area contributed by atoms with Crippen molar-refractivity contribution >= 4 is 16.7 Å². The molecule has 0 unspecified atom stereocenters. The molecule has 0 spiro atoms. The highest BCUT2D eigenvalue weighted by molar-refractivity contribution is 6.08. The highest BCUT2D eigenvalue weighted by Crippen LogP contribution is 2.19. The van der Waals surface area contributed by atoms with Gasteiger partial charge in [-0.25, -0.2) is 0 Å². The Hall–Kier alpha value is -2.55. The fourth-order valence-corrected chi connectivity index (χ4v) is 2.23. The fourth-order valence-electron chi connectivity index (χ4n) is 2.23. The molecule has 1 N–H and O–H groups in total. The average Bonchev–Trinajstić information content (AvgIpc) is 2.89. The monoisotopic (exact) mass is 265 g/mol.